The van der Waals surface area contributed by atoms with Crippen molar-refractivity contribution in [3.05, 3.63) is 83.8 Å². The fourth-order valence-corrected chi connectivity index (χ4v) is 2.51. The Hall–Kier alpha value is -3.68. The Morgan fingerprint density at radius 2 is 1.86 bits per heavy atom. The van der Waals surface area contributed by atoms with Gasteiger partial charge in [0.25, 0.3) is 5.91 Å². The van der Waals surface area contributed by atoms with Crippen LogP contribution in [0.2, 0.25) is 0 Å². The summed E-state index contributed by atoms with van der Waals surface area (Å²) < 4.78 is 36.7. The van der Waals surface area contributed by atoms with Crippen molar-refractivity contribution in [2.24, 2.45) is 0 Å². The second-order valence-electron chi connectivity index (χ2n) is 6.14. The van der Waals surface area contributed by atoms with E-state index in [4.69, 9.17) is 9.15 Å². The molecule has 0 aliphatic heterocycles. The molecule has 3 aromatic rings. The molecule has 0 saturated carbocycles. The Balaban J connectivity index is 1.63. The van der Waals surface area contributed by atoms with Crippen molar-refractivity contribution in [3.63, 3.8) is 0 Å². The zero-order valence-electron chi connectivity index (χ0n) is 15.4. The van der Waals surface area contributed by atoms with Crippen LogP contribution in [0, 0.1) is 11.6 Å². The lowest BCUT2D eigenvalue weighted by Gasteiger charge is -2.15. The van der Waals surface area contributed by atoms with Crippen molar-refractivity contribution in [2.75, 3.05) is 10.6 Å². The fraction of sp³-hybridized carbons (Fsp3) is 0.143. The first-order valence-electron chi connectivity index (χ1n) is 8.76. The van der Waals surface area contributed by atoms with Gasteiger partial charge in [-0.25, -0.2) is 13.6 Å². The van der Waals surface area contributed by atoms with Gasteiger partial charge < -0.3 is 19.8 Å². The number of para-hydroxylation sites is 1. The first kappa shape index (κ1) is 20.1. The van der Waals surface area contributed by atoms with Gasteiger partial charge >= 0.3 is 5.97 Å². The van der Waals surface area contributed by atoms with Gasteiger partial charge in [-0.1, -0.05) is 12.1 Å². The molecule has 3 rings (SSSR count). The normalized spacial score (nSPS) is 11.6. The van der Waals surface area contributed by atoms with Crippen LogP contribution in [-0.2, 0) is 16.1 Å². The number of halogens is 2. The number of amides is 1. The third-order valence-corrected chi connectivity index (χ3v) is 4.02. The topological polar surface area (TPSA) is 80.6 Å². The summed E-state index contributed by atoms with van der Waals surface area (Å²) in [5.74, 6) is -2.82. The van der Waals surface area contributed by atoms with Crippen LogP contribution in [0.3, 0.4) is 0 Å². The molecule has 0 fully saturated rings. The molecular weight excluding hydrogens is 382 g/mol. The summed E-state index contributed by atoms with van der Waals surface area (Å²) in [7, 11) is 0. The van der Waals surface area contributed by atoms with Gasteiger partial charge in [-0.2, -0.15) is 0 Å². The van der Waals surface area contributed by atoms with E-state index in [0.29, 0.717) is 18.0 Å². The first-order chi connectivity index (χ1) is 13.9. The maximum Gasteiger partial charge on any atom is 0.341 e. The largest absolute Gasteiger partial charge is 0.467 e. The molecule has 1 heterocycles. The van der Waals surface area contributed by atoms with Crippen LogP contribution in [0.5, 0.6) is 0 Å². The summed E-state index contributed by atoms with van der Waals surface area (Å²) in [6, 6.07) is 13.2. The molecule has 2 aromatic carbocycles. The second kappa shape index (κ2) is 9.01. The zero-order chi connectivity index (χ0) is 20.8. The Labute approximate surface area is 165 Å². The van der Waals surface area contributed by atoms with Gasteiger partial charge in [0.2, 0.25) is 0 Å². The van der Waals surface area contributed by atoms with Crippen LogP contribution in [0.1, 0.15) is 23.0 Å². The molecule has 2 N–H and O–H groups in total. The van der Waals surface area contributed by atoms with Crippen LogP contribution >= 0.6 is 0 Å². The molecule has 0 spiro atoms. The van der Waals surface area contributed by atoms with E-state index in [1.807, 2.05) is 0 Å². The minimum Gasteiger partial charge on any atom is -0.467 e. The molecule has 8 heteroatoms. The highest BCUT2D eigenvalue weighted by molar-refractivity contribution is 5.99. The van der Waals surface area contributed by atoms with E-state index in [1.165, 1.54) is 13.0 Å². The zero-order valence-corrected chi connectivity index (χ0v) is 15.4. The van der Waals surface area contributed by atoms with E-state index in [0.717, 1.165) is 12.1 Å². The second-order valence-corrected chi connectivity index (χ2v) is 6.14. The number of benzene rings is 2. The van der Waals surface area contributed by atoms with Gasteiger partial charge in [0.05, 0.1) is 18.4 Å². The van der Waals surface area contributed by atoms with E-state index in [-0.39, 0.29) is 11.3 Å². The SMILES string of the molecule is C[C@H](OC(=O)c1ccccc1NCc1ccco1)C(=O)Nc1ccc(F)c(F)c1. The van der Waals surface area contributed by atoms with Crippen LogP contribution in [-0.4, -0.2) is 18.0 Å². The lowest BCUT2D eigenvalue weighted by molar-refractivity contribution is -0.123. The number of hydrogen-bond donors (Lipinski definition) is 2. The lowest BCUT2D eigenvalue weighted by atomic mass is 10.1. The molecule has 0 unspecified atom stereocenters. The predicted octanol–water partition coefficient (Wildman–Crippen LogP) is 4.35. The highest BCUT2D eigenvalue weighted by atomic mass is 19.2. The van der Waals surface area contributed by atoms with Gasteiger partial charge in [-0.3, -0.25) is 4.79 Å². The summed E-state index contributed by atoms with van der Waals surface area (Å²) in [6.07, 6.45) is 0.388. The maximum absolute atomic E-state index is 13.3. The minimum absolute atomic E-state index is 0.0531. The van der Waals surface area contributed by atoms with E-state index >= 15 is 0 Å². The Morgan fingerprint density at radius 1 is 1.07 bits per heavy atom. The molecule has 6 nitrogen and oxygen atoms in total. The standard InChI is InChI=1S/C21H18F2N2O4/c1-13(20(26)25-14-8-9-17(22)18(23)11-14)29-21(27)16-6-2-3-7-19(16)24-12-15-5-4-10-28-15/h2-11,13,24H,12H2,1H3,(H,25,26)/t13-/m0/s1. The van der Waals surface area contributed by atoms with E-state index in [2.05, 4.69) is 10.6 Å². The lowest BCUT2D eigenvalue weighted by Crippen LogP contribution is -2.30. The number of carbonyl (C=O) groups is 2. The Morgan fingerprint density at radius 3 is 2.59 bits per heavy atom. The molecular formula is C21H18F2N2O4. The number of rotatable bonds is 7. The van der Waals surface area contributed by atoms with E-state index in [1.54, 1.807) is 42.7 Å². The third-order valence-electron chi connectivity index (χ3n) is 4.02. The van der Waals surface area contributed by atoms with E-state index < -0.39 is 29.6 Å². The maximum atomic E-state index is 13.3. The van der Waals surface area contributed by atoms with Gasteiger partial charge in [0, 0.05) is 17.4 Å². The average molecular weight is 400 g/mol. The molecule has 0 saturated heterocycles. The van der Waals surface area contributed by atoms with Gasteiger partial charge in [-0.15, -0.1) is 0 Å². The predicted molar refractivity (Wildman–Crippen MR) is 102 cm³/mol. The molecule has 1 amide bonds. The minimum atomic E-state index is -1.16. The van der Waals surface area contributed by atoms with Crippen molar-refractivity contribution in [1.29, 1.82) is 0 Å². The molecule has 0 aliphatic carbocycles. The number of carbonyl (C=O) groups excluding carboxylic acids is 2. The Kier molecular flexibility index (Phi) is 6.23. The monoisotopic (exact) mass is 400 g/mol. The molecule has 1 aromatic heterocycles. The van der Waals surface area contributed by atoms with Crippen molar-refractivity contribution >= 4 is 23.3 Å². The molecule has 0 bridgehead atoms. The van der Waals surface area contributed by atoms with E-state index in [9.17, 15) is 18.4 Å². The highest BCUT2D eigenvalue weighted by Gasteiger charge is 2.21. The number of esters is 1. The third kappa shape index (κ3) is 5.19. The Bertz CT molecular complexity index is 1010. The molecule has 0 aliphatic rings. The molecule has 150 valence electrons. The number of ether oxygens (including phenoxy) is 1. The smallest absolute Gasteiger partial charge is 0.341 e. The van der Waals surface area contributed by atoms with Gasteiger partial charge in [0.15, 0.2) is 17.7 Å². The molecule has 1 atom stereocenters. The van der Waals surface area contributed by atoms with Crippen LogP contribution in [0.4, 0.5) is 20.2 Å². The van der Waals surface area contributed by atoms with Crippen molar-refractivity contribution in [1.82, 2.24) is 0 Å². The summed E-state index contributed by atoms with van der Waals surface area (Å²) in [5, 5.41) is 5.45. The molecule has 29 heavy (non-hydrogen) atoms. The van der Waals surface area contributed by atoms with Gasteiger partial charge in [-0.05, 0) is 43.3 Å². The number of furan rings is 1. The number of hydrogen-bond acceptors (Lipinski definition) is 5. The highest BCUT2D eigenvalue weighted by Crippen LogP contribution is 2.19. The summed E-state index contributed by atoms with van der Waals surface area (Å²) >= 11 is 0. The fourth-order valence-electron chi connectivity index (χ4n) is 2.51. The van der Waals surface area contributed by atoms with Gasteiger partial charge in [0.1, 0.15) is 5.76 Å². The van der Waals surface area contributed by atoms with Crippen molar-refractivity contribution in [3.8, 4) is 0 Å². The summed E-state index contributed by atoms with van der Waals surface area (Å²) in [5.41, 5.74) is 0.811. The summed E-state index contributed by atoms with van der Waals surface area (Å²) in [6.45, 7) is 1.75. The number of nitrogens with one attached hydrogen (secondary N) is 2. The van der Waals surface area contributed by atoms with Crippen LogP contribution in [0.25, 0.3) is 0 Å². The van der Waals surface area contributed by atoms with Crippen LogP contribution in [0.15, 0.2) is 65.3 Å². The quantitative estimate of drug-likeness (QED) is 0.576. The van der Waals surface area contributed by atoms with Crippen molar-refractivity contribution in [2.45, 2.75) is 19.6 Å². The van der Waals surface area contributed by atoms with Crippen LogP contribution < -0.4 is 10.6 Å². The number of anilines is 2. The molecule has 0 radical (unpaired) electrons. The first-order valence-corrected chi connectivity index (χ1v) is 8.76. The average Bonchev–Trinajstić information content (AvgIpc) is 3.23. The van der Waals surface area contributed by atoms with Crippen molar-refractivity contribution < 1.29 is 27.5 Å². The summed E-state index contributed by atoms with van der Waals surface area (Å²) in [4.78, 5) is 24.7.